The molecule has 0 aliphatic carbocycles. The maximum absolute atomic E-state index is 13.1. The van der Waals surface area contributed by atoms with Gasteiger partial charge in [0, 0.05) is 29.9 Å². The largest absolute Gasteiger partial charge is 0.416 e. The second-order valence-electron chi connectivity index (χ2n) is 8.01. The van der Waals surface area contributed by atoms with E-state index in [4.69, 9.17) is 0 Å². The lowest BCUT2D eigenvalue weighted by Gasteiger charge is -2.10. The van der Waals surface area contributed by atoms with Crippen LogP contribution in [0.15, 0.2) is 66.9 Å². The van der Waals surface area contributed by atoms with Crippen LogP contribution in [0.25, 0.3) is 27.8 Å². The maximum Gasteiger partial charge on any atom is 0.416 e. The van der Waals surface area contributed by atoms with Crippen LogP contribution in [0, 0.1) is 6.92 Å². The lowest BCUT2D eigenvalue weighted by atomic mass is 10.1. The standard InChI is InChI=1S/C25H20F3N5O/c1-15-31-23-22(32(15)2)20-13-16(24(34)30-14-18-5-3-4-12-29-18)6-11-21(20)33(23)19-9-7-17(8-10-19)25(26,27)28/h3-13H,14H2,1-2H3,(H,30,34). The molecule has 5 aromatic rings. The molecule has 172 valence electrons. The zero-order chi connectivity index (χ0) is 24.0. The van der Waals surface area contributed by atoms with E-state index < -0.39 is 11.7 Å². The highest BCUT2D eigenvalue weighted by atomic mass is 19.4. The van der Waals surface area contributed by atoms with Crippen LogP contribution in [0.2, 0.25) is 0 Å². The third-order valence-electron chi connectivity index (χ3n) is 5.88. The van der Waals surface area contributed by atoms with Gasteiger partial charge in [-0.1, -0.05) is 6.07 Å². The van der Waals surface area contributed by atoms with Crippen molar-refractivity contribution in [2.75, 3.05) is 0 Å². The van der Waals surface area contributed by atoms with Crippen molar-refractivity contribution in [2.45, 2.75) is 19.6 Å². The number of hydrogen-bond acceptors (Lipinski definition) is 3. The van der Waals surface area contributed by atoms with Gasteiger partial charge in [-0.3, -0.25) is 14.3 Å². The average Bonchev–Trinajstić information content (AvgIpc) is 3.30. The van der Waals surface area contributed by atoms with Gasteiger partial charge in [-0.15, -0.1) is 0 Å². The van der Waals surface area contributed by atoms with Gasteiger partial charge in [-0.25, -0.2) is 4.98 Å². The number of aryl methyl sites for hydroxylation is 2. The normalized spacial score (nSPS) is 11.9. The van der Waals surface area contributed by atoms with Crippen molar-refractivity contribution >= 4 is 28.0 Å². The Kier molecular flexibility index (Phi) is 5.11. The minimum absolute atomic E-state index is 0.248. The average molecular weight is 463 g/mol. The number of fused-ring (bicyclic) bond motifs is 3. The number of hydrogen-bond donors (Lipinski definition) is 1. The minimum Gasteiger partial charge on any atom is -0.346 e. The number of amides is 1. The van der Waals surface area contributed by atoms with Gasteiger partial charge in [0.1, 0.15) is 5.82 Å². The molecule has 0 saturated heterocycles. The number of alkyl halides is 3. The fraction of sp³-hybridized carbons (Fsp3) is 0.160. The number of aromatic nitrogens is 4. The van der Waals surface area contributed by atoms with Crippen molar-refractivity contribution in [3.05, 3.63) is 89.5 Å². The van der Waals surface area contributed by atoms with Crippen molar-refractivity contribution in [3.63, 3.8) is 0 Å². The molecule has 3 heterocycles. The number of halogens is 3. The van der Waals surface area contributed by atoms with E-state index in [2.05, 4.69) is 15.3 Å². The van der Waals surface area contributed by atoms with Crippen LogP contribution in [0.3, 0.4) is 0 Å². The summed E-state index contributed by atoms with van der Waals surface area (Å²) in [4.78, 5) is 21.7. The van der Waals surface area contributed by atoms with E-state index in [1.165, 1.54) is 12.1 Å². The van der Waals surface area contributed by atoms with Crippen LogP contribution in [-0.4, -0.2) is 25.0 Å². The van der Waals surface area contributed by atoms with Crippen molar-refractivity contribution in [1.82, 2.24) is 24.4 Å². The Morgan fingerprint density at radius 2 is 1.82 bits per heavy atom. The molecule has 0 saturated carbocycles. The molecule has 1 N–H and O–H groups in total. The third-order valence-corrected chi connectivity index (χ3v) is 5.88. The molecule has 0 bridgehead atoms. The summed E-state index contributed by atoms with van der Waals surface area (Å²) in [6.45, 7) is 2.15. The van der Waals surface area contributed by atoms with Crippen LogP contribution < -0.4 is 5.32 Å². The first-order valence-electron chi connectivity index (χ1n) is 10.6. The van der Waals surface area contributed by atoms with Crippen molar-refractivity contribution in [3.8, 4) is 5.69 Å². The number of benzene rings is 2. The Balaban J connectivity index is 1.59. The van der Waals surface area contributed by atoms with E-state index >= 15 is 0 Å². The summed E-state index contributed by atoms with van der Waals surface area (Å²) in [5.41, 5.74) is 3.21. The molecule has 5 rings (SSSR count). The molecule has 6 nitrogen and oxygen atoms in total. The van der Waals surface area contributed by atoms with Crippen molar-refractivity contribution < 1.29 is 18.0 Å². The van der Waals surface area contributed by atoms with E-state index in [9.17, 15) is 18.0 Å². The van der Waals surface area contributed by atoms with E-state index in [0.29, 0.717) is 23.4 Å². The van der Waals surface area contributed by atoms with Crippen molar-refractivity contribution in [1.29, 1.82) is 0 Å². The summed E-state index contributed by atoms with van der Waals surface area (Å²) in [5.74, 6) is 0.499. The Morgan fingerprint density at radius 3 is 2.50 bits per heavy atom. The highest BCUT2D eigenvalue weighted by Crippen LogP contribution is 2.34. The Hall–Kier alpha value is -4.14. The molecular formula is C25H20F3N5O. The van der Waals surface area contributed by atoms with Crippen molar-refractivity contribution in [2.24, 2.45) is 7.05 Å². The molecule has 34 heavy (non-hydrogen) atoms. The van der Waals surface area contributed by atoms with Gasteiger partial charge in [0.25, 0.3) is 5.91 Å². The zero-order valence-electron chi connectivity index (χ0n) is 18.4. The molecule has 0 aliphatic rings. The molecule has 0 spiro atoms. The zero-order valence-corrected chi connectivity index (χ0v) is 18.4. The molecular weight excluding hydrogens is 443 g/mol. The smallest absolute Gasteiger partial charge is 0.346 e. The summed E-state index contributed by atoms with van der Waals surface area (Å²) in [6.07, 6.45) is -2.75. The Labute approximate surface area is 192 Å². The molecule has 0 unspecified atom stereocenters. The van der Waals surface area contributed by atoms with Gasteiger partial charge in [-0.05, 0) is 61.5 Å². The fourth-order valence-corrected chi connectivity index (χ4v) is 4.06. The van der Waals surface area contributed by atoms with Gasteiger partial charge in [0.05, 0.1) is 28.8 Å². The minimum atomic E-state index is -4.41. The molecule has 0 radical (unpaired) electrons. The van der Waals surface area contributed by atoms with E-state index in [0.717, 1.165) is 40.1 Å². The predicted octanol–water partition coefficient (Wildman–Crippen LogP) is 5.17. The summed E-state index contributed by atoms with van der Waals surface area (Å²) in [7, 11) is 1.87. The molecule has 9 heteroatoms. The number of nitrogens with one attached hydrogen (secondary N) is 1. The number of nitrogens with zero attached hydrogens (tertiary/aromatic N) is 4. The summed E-state index contributed by atoms with van der Waals surface area (Å²) >= 11 is 0. The van der Waals surface area contributed by atoms with Gasteiger partial charge < -0.3 is 9.88 Å². The first-order chi connectivity index (χ1) is 16.2. The van der Waals surface area contributed by atoms with Crippen LogP contribution in [-0.2, 0) is 19.8 Å². The van der Waals surface area contributed by atoms with Crippen LogP contribution in [0.4, 0.5) is 13.2 Å². The third kappa shape index (κ3) is 3.68. The van der Waals surface area contributed by atoms with Crippen LogP contribution >= 0.6 is 0 Å². The summed E-state index contributed by atoms with van der Waals surface area (Å²) < 4.78 is 42.9. The van der Waals surface area contributed by atoms with Gasteiger partial charge in [0.15, 0.2) is 5.65 Å². The SMILES string of the molecule is Cc1nc2c(c3cc(C(=O)NCc4ccccn4)ccc3n2-c2ccc(C(F)(F)F)cc2)n1C. The number of rotatable bonds is 4. The van der Waals surface area contributed by atoms with Gasteiger partial charge >= 0.3 is 6.18 Å². The number of imidazole rings is 1. The van der Waals surface area contributed by atoms with E-state index in [1.54, 1.807) is 24.4 Å². The lowest BCUT2D eigenvalue weighted by Crippen LogP contribution is -2.23. The Bertz CT molecular complexity index is 1520. The first-order valence-corrected chi connectivity index (χ1v) is 10.6. The highest BCUT2D eigenvalue weighted by Gasteiger charge is 2.30. The second kappa shape index (κ2) is 8.02. The molecule has 0 aliphatic heterocycles. The quantitative estimate of drug-likeness (QED) is 0.400. The summed E-state index contributed by atoms with van der Waals surface area (Å²) in [6, 6.07) is 15.7. The van der Waals surface area contributed by atoms with E-state index in [-0.39, 0.29) is 5.91 Å². The fourth-order valence-electron chi connectivity index (χ4n) is 4.06. The summed E-state index contributed by atoms with van der Waals surface area (Å²) in [5, 5.41) is 3.65. The lowest BCUT2D eigenvalue weighted by molar-refractivity contribution is -0.137. The monoisotopic (exact) mass is 463 g/mol. The predicted molar refractivity (Wildman–Crippen MR) is 123 cm³/mol. The second-order valence-corrected chi connectivity index (χ2v) is 8.01. The Morgan fingerprint density at radius 1 is 1.06 bits per heavy atom. The topological polar surface area (TPSA) is 64.7 Å². The van der Waals surface area contributed by atoms with Crippen LogP contribution in [0.1, 0.15) is 27.4 Å². The molecule has 2 aromatic carbocycles. The highest BCUT2D eigenvalue weighted by molar-refractivity contribution is 6.09. The molecule has 0 atom stereocenters. The van der Waals surface area contributed by atoms with Crippen LogP contribution in [0.5, 0.6) is 0 Å². The van der Waals surface area contributed by atoms with Gasteiger partial charge in [0.2, 0.25) is 0 Å². The number of carbonyl (C=O) groups is 1. The van der Waals surface area contributed by atoms with Gasteiger partial charge in [-0.2, -0.15) is 13.2 Å². The molecule has 0 fully saturated rings. The maximum atomic E-state index is 13.1. The first kappa shape index (κ1) is 21.7. The number of carbonyl (C=O) groups excluding carboxylic acids is 1. The molecule has 1 amide bonds. The van der Waals surface area contributed by atoms with E-state index in [1.807, 2.05) is 41.3 Å². The molecule has 3 aromatic heterocycles. The number of pyridine rings is 1.